The second kappa shape index (κ2) is 6.18. The third kappa shape index (κ3) is 2.87. The molecule has 0 aliphatic rings. The summed E-state index contributed by atoms with van der Waals surface area (Å²) in [5.41, 5.74) is 0. The van der Waals surface area contributed by atoms with Crippen LogP contribution in [0.5, 0.6) is 0 Å². The first-order valence-corrected chi connectivity index (χ1v) is 7.02. The van der Waals surface area contributed by atoms with Gasteiger partial charge < -0.3 is 4.74 Å². The zero-order chi connectivity index (χ0) is 9.61. The van der Waals surface area contributed by atoms with Crippen LogP contribution in [-0.2, 0) is 9.53 Å². The van der Waals surface area contributed by atoms with Crippen molar-refractivity contribution in [2.75, 3.05) is 32.5 Å². The highest BCUT2D eigenvalue weighted by molar-refractivity contribution is 8.24. The van der Waals surface area contributed by atoms with E-state index in [2.05, 4.69) is 0 Å². The summed E-state index contributed by atoms with van der Waals surface area (Å²) in [6, 6.07) is 0. The molecule has 0 heterocycles. The van der Waals surface area contributed by atoms with Crippen molar-refractivity contribution < 1.29 is 9.53 Å². The second-order valence-electron chi connectivity index (χ2n) is 2.09. The molecule has 0 amide bonds. The van der Waals surface area contributed by atoms with Crippen LogP contribution < -0.4 is 0 Å². The quantitative estimate of drug-likeness (QED) is 0.668. The maximum atomic E-state index is 11.5. The summed E-state index contributed by atoms with van der Waals surface area (Å²) >= 11 is 4.34. The van der Waals surface area contributed by atoms with Crippen LogP contribution in [-0.4, -0.2) is 41.7 Å². The molecule has 0 aromatic heterocycles. The Labute approximate surface area is 86.6 Å². The summed E-state index contributed by atoms with van der Waals surface area (Å²) < 4.78 is 4.61. The van der Waals surface area contributed by atoms with Gasteiger partial charge in [0.05, 0.1) is 6.61 Å². The predicted octanol–water partition coefficient (Wildman–Crippen LogP) is 1.94. The normalized spacial score (nSPS) is 11.7. The number of carbonyl (C=O) groups excluding carboxylic acids is 1. The predicted molar refractivity (Wildman–Crippen MR) is 60.2 cm³/mol. The molecular formula is C7H14O2S3. The number of rotatable bonds is 5. The molecule has 0 aliphatic carbocycles. The molecule has 0 radical (unpaired) electrons. The third-order valence-electron chi connectivity index (χ3n) is 1.49. The van der Waals surface area contributed by atoms with Gasteiger partial charge in [-0.2, -0.15) is 0 Å². The second-order valence-corrected chi connectivity index (χ2v) is 5.33. The van der Waals surface area contributed by atoms with Crippen LogP contribution in [0.4, 0.5) is 0 Å². The Balaban J connectivity index is 4.44. The Kier molecular flexibility index (Phi) is 6.53. The van der Waals surface area contributed by atoms with E-state index in [4.69, 9.17) is 4.74 Å². The molecule has 0 aliphatic heterocycles. The molecule has 0 aromatic rings. The van der Waals surface area contributed by atoms with Crippen LogP contribution in [0.2, 0.25) is 0 Å². The van der Waals surface area contributed by atoms with Gasteiger partial charge in [0.25, 0.3) is 0 Å². The molecule has 2 nitrogen and oxygen atoms in total. The average molecular weight is 226 g/mol. The van der Waals surface area contributed by atoms with Crippen LogP contribution in [0.1, 0.15) is 0 Å². The summed E-state index contributed by atoms with van der Waals surface area (Å²) in [6.07, 6.45) is 5.67. The van der Waals surface area contributed by atoms with Crippen LogP contribution in [0.3, 0.4) is 0 Å². The van der Waals surface area contributed by atoms with E-state index in [0.717, 1.165) is 0 Å². The first-order valence-electron chi connectivity index (χ1n) is 3.34. The van der Waals surface area contributed by atoms with Crippen molar-refractivity contribution in [3.05, 3.63) is 0 Å². The van der Waals surface area contributed by atoms with Crippen molar-refractivity contribution in [1.29, 1.82) is 0 Å². The number of thioether (sulfide) groups is 3. The molecule has 0 aromatic carbocycles. The van der Waals surface area contributed by atoms with E-state index >= 15 is 0 Å². The molecule has 0 spiro atoms. The van der Waals surface area contributed by atoms with Gasteiger partial charge in [-0.1, -0.05) is 11.8 Å². The Morgan fingerprint density at radius 2 is 1.83 bits per heavy atom. The molecule has 0 N–H and O–H groups in total. The van der Waals surface area contributed by atoms with E-state index in [1.807, 2.05) is 12.5 Å². The summed E-state index contributed by atoms with van der Waals surface area (Å²) in [5.74, 6) is 0. The van der Waals surface area contributed by atoms with E-state index in [0.29, 0.717) is 6.61 Å². The maximum Gasteiger partial charge on any atom is 0.217 e. The van der Waals surface area contributed by atoms with Gasteiger partial charge in [0.15, 0.2) is 4.08 Å². The number of hydrogen-bond donors (Lipinski definition) is 0. The van der Waals surface area contributed by atoms with E-state index in [1.165, 1.54) is 11.8 Å². The van der Waals surface area contributed by atoms with Gasteiger partial charge in [-0.25, -0.2) is 0 Å². The monoisotopic (exact) mass is 226 g/mol. The van der Waals surface area contributed by atoms with Gasteiger partial charge in [0.2, 0.25) is 5.12 Å². The maximum absolute atomic E-state index is 11.5. The SMILES string of the molecule is COCC(SC)(SC)C(=O)SC. The Morgan fingerprint density at radius 1 is 1.33 bits per heavy atom. The van der Waals surface area contributed by atoms with Gasteiger partial charge in [-0.15, -0.1) is 23.5 Å². The smallest absolute Gasteiger partial charge is 0.217 e. The molecule has 0 rings (SSSR count). The fourth-order valence-electron chi connectivity index (χ4n) is 0.772. The lowest BCUT2D eigenvalue weighted by atomic mass is 10.5. The molecule has 0 bridgehead atoms. The highest BCUT2D eigenvalue weighted by Crippen LogP contribution is 2.37. The number of ether oxygens (including phenoxy) is 1. The minimum Gasteiger partial charge on any atom is -0.382 e. The van der Waals surface area contributed by atoms with E-state index in [9.17, 15) is 4.79 Å². The molecule has 5 heteroatoms. The minimum atomic E-state index is -0.422. The standard InChI is InChI=1S/C7H14O2S3/c1-9-5-7(11-3,12-4)6(8)10-2/h5H2,1-4H3. The molecule has 0 fully saturated rings. The molecule has 0 saturated heterocycles. The zero-order valence-corrected chi connectivity index (χ0v) is 10.2. The summed E-state index contributed by atoms with van der Waals surface area (Å²) in [6.45, 7) is 0.467. The molecule has 0 unspecified atom stereocenters. The van der Waals surface area contributed by atoms with Gasteiger partial charge in [0, 0.05) is 7.11 Å². The lowest BCUT2D eigenvalue weighted by Gasteiger charge is -2.26. The molecule has 0 atom stereocenters. The van der Waals surface area contributed by atoms with Crippen LogP contribution in [0.15, 0.2) is 0 Å². The van der Waals surface area contributed by atoms with Crippen molar-refractivity contribution in [2.45, 2.75) is 4.08 Å². The molecule has 72 valence electrons. The Bertz CT molecular complexity index is 146. The van der Waals surface area contributed by atoms with Crippen molar-refractivity contribution in [3.8, 4) is 0 Å². The van der Waals surface area contributed by atoms with Gasteiger partial charge >= 0.3 is 0 Å². The van der Waals surface area contributed by atoms with Crippen LogP contribution >= 0.6 is 35.3 Å². The fourth-order valence-corrected chi connectivity index (χ4v) is 3.61. The van der Waals surface area contributed by atoms with Gasteiger partial charge in [0.1, 0.15) is 0 Å². The molecular weight excluding hydrogens is 212 g/mol. The third-order valence-corrected chi connectivity index (χ3v) is 5.39. The zero-order valence-electron chi connectivity index (χ0n) is 7.75. The van der Waals surface area contributed by atoms with Crippen LogP contribution in [0.25, 0.3) is 0 Å². The minimum absolute atomic E-state index is 0.171. The van der Waals surface area contributed by atoms with Gasteiger partial charge in [-0.3, -0.25) is 4.79 Å². The number of hydrogen-bond acceptors (Lipinski definition) is 5. The van der Waals surface area contributed by atoms with Crippen molar-refractivity contribution in [1.82, 2.24) is 0 Å². The first kappa shape index (κ1) is 12.7. The lowest BCUT2D eigenvalue weighted by Crippen LogP contribution is -2.33. The molecule has 12 heavy (non-hydrogen) atoms. The summed E-state index contributed by atoms with van der Waals surface area (Å²) in [7, 11) is 1.62. The average Bonchev–Trinajstić information content (AvgIpc) is 2.13. The Hall–Kier alpha value is 0.680. The van der Waals surface area contributed by atoms with Crippen molar-refractivity contribution >= 4 is 40.4 Å². The van der Waals surface area contributed by atoms with E-state index in [1.54, 1.807) is 36.9 Å². The van der Waals surface area contributed by atoms with Crippen molar-refractivity contribution in [3.63, 3.8) is 0 Å². The van der Waals surface area contributed by atoms with E-state index in [-0.39, 0.29) is 5.12 Å². The van der Waals surface area contributed by atoms with Gasteiger partial charge in [-0.05, 0) is 18.8 Å². The number of methoxy groups -OCH3 is 1. The summed E-state index contributed by atoms with van der Waals surface area (Å²) in [5, 5.41) is 0.171. The Morgan fingerprint density at radius 3 is 2.08 bits per heavy atom. The fraction of sp³-hybridized carbons (Fsp3) is 0.857. The van der Waals surface area contributed by atoms with Crippen molar-refractivity contribution in [2.24, 2.45) is 0 Å². The highest BCUT2D eigenvalue weighted by Gasteiger charge is 2.36. The van der Waals surface area contributed by atoms with E-state index < -0.39 is 4.08 Å². The highest BCUT2D eigenvalue weighted by atomic mass is 32.2. The lowest BCUT2D eigenvalue weighted by molar-refractivity contribution is -0.112. The first-order chi connectivity index (χ1) is 5.66. The van der Waals surface area contributed by atoms with Crippen LogP contribution in [0, 0.1) is 0 Å². The molecule has 0 saturated carbocycles. The summed E-state index contributed by atoms with van der Waals surface area (Å²) in [4.78, 5) is 11.5. The largest absolute Gasteiger partial charge is 0.382 e. The number of carbonyl (C=O) groups is 1. The topological polar surface area (TPSA) is 26.3 Å².